The first-order valence-electron chi connectivity index (χ1n) is 9.20. The van der Waals surface area contributed by atoms with Crippen LogP contribution in [0.4, 0.5) is 5.69 Å². The van der Waals surface area contributed by atoms with Gasteiger partial charge >= 0.3 is 11.9 Å². The molecule has 0 saturated heterocycles. The zero-order chi connectivity index (χ0) is 19.7. The molecule has 0 radical (unpaired) electrons. The SMILES string of the molecule is CCOC(=O)C(C)(Cc1ccc(NCc2ccccc2)cc1)C(=O)OCC. The second-order valence-electron chi connectivity index (χ2n) is 6.49. The quantitative estimate of drug-likeness (QED) is 0.535. The van der Waals surface area contributed by atoms with Gasteiger partial charge in [-0.05, 0) is 50.5 Å². The fraction of sp³-hybridized carbons (Fsp3) is 0.364. The van der Waals surface area contributed by atoms with E-state index in [1.807, 2.05) is 42.5 Å². The summed E-state index contributed by atoms with van der Waals surface area (Å²) in [6, 6.07) is 17.8. The van der Waals surface area contributed by atoms with Gasteiger partial charge in [0.15, 0.2) is 5.41 Å². The summed E-state index contributed by atoms with van der Waals surface area (Å²) in [5.41, 5.74) is 1.67. The van der Waals surface area contributed by atoms with E-state index in [1.54, 1.807) is 20.8 Å². The van der Waals surface area contributed by atoms with Crippen LogP contribution in [0, 0.1) is 5.41 Å². The highest BCUT2D eigenvalue weighted by atomic mass is 16.6. The summed E-state index contributed by atoms with van der Waals surface area (Å²) in [5, 5.41) is 3.35. The predicted octanol–water partition coefficient (Wildman–Crippen LogP) is 3.97. The molecule has 1 N–H and O–H groups in total. The van der Waals surface area contributed by atoms with Gasteiger partial charge in [-0.1, -0.05) is 42.5 Å². The molecule has 2 rings (SSSR count). The summed E-state index contributed by atoms with van der Waals surface area (Å²) in [6.45, 7) is 6.17. The average Bonchev–Trinajstić information content (AvgIpc) is 2.68. The van der Waals surface area contributed by atoms with Gasteiger partial charge < -0.3 is 14.8 Å². The van der Waals surface area contributed by atoms with Gasteiger partial charge in [0.2, 0.25) is 0 Å². The van der Waals surface area contributed by atoms with Gasteiger partial charge in [-0.2, -0.15) is 0 Å². The Morgan fingerprint density at radius 2 is 1.41 bits per heavy atom. The van der Waals surface area contributed by atoms with Crippen molar-refractivity contribution in [3.8, 4) is 0 Å². The van der Waals surface area contributed by atoms with Gasteiger partial charge in [-0.3, -0.25) is 9.59 Å². The molecule has 0 heterocycles. The fourth-order valence-electron chi connectivity index (χ4n) is 2.76. The van der Waals surface area contributed by atoms with Gasteiger partial charge in [-0.25, -0.2) is 0 Å². The molecule has 0 unspecified atom stereocenters. The number of ether oxygens (including phenoxy) is 2. The van der Waals surface area contributed by atoms with E-state index in [4.69, 9.17) is 9.47 Å². The number of nitrogens with one attached hydrogen (secondary N) is 1. The molecule has 2 aromatic carbocycles. The molecule has 0 aromatic heterocycles. The molecule has 5 heteroatoms. The van der Waals surface area contributed by atoms with Crippen LogP contribution in [0.3, 0.4) is 0 Å². The molecule has 2 aromatic rings. The number of hydrogen-bond donors (Lipinski definition) is 1. The zero-order valence-electron chi connectivity index (χ0n) is 16.2. The van der Waals surface area contributed by atoms with Crippen molar-refractivity contribution in [1.82, 2.24) is 0 Å². The van der Waals surface area contributed by atoms with Crippen LogP contribution in [-0.2, 0) is 32.0 Å². The third kappa shape index (κ3) is 5.58. The van der Waals surface area contributed by atoms with E-state index < -0.39 is 17.4 Å². The summed E-state index contributed by atoms with van der Waals surface area (Å²) >= 11 is 0. The van der Waals surface area contributed by atoms with Crippen molar-refractivity contribution in [2.24, 2.45) is 5.41 Å². The third-order valence-corrected chi connectivity index (χ3v) is 4.30. The van der Waals surface area contributed by atoms with Crippen LogP contribution in [0.5, 0.6) is 0 Å². The Labute approximate surface area is 160 Å². The number of carbonyl (C=O) groups is 2. The minimum atomic E-state index is -1.36. The maximum Gasteiger partial charge on any atom is 0.323 e. The Balaban J connectivity index is 2.07. The maximum absolute atomic E-state index is 12.4. The molecular weight excluding hydrogens is 342 g/mol. The van der Waals surface area contributed by atoms with Crippen molar-refractivity contribution < 1.29 is 19.1 Å². The monoisotopic (exact) mass is 369 g/mol. The molecule has 0 bridgehead atoms. The molecule has 0 atom stereocenters. The van der Waals surface area contributed by atoms with Crippen molar-refractivity contribution in [3.05, 3.63) is 65.7 Å². The van der Waals surface area contributed by atoms with E-state index in [-0.39, 0.29) is 19.6 Å². The van der Waals surface area contributed by atoms with Crippen molar-refractivity contribution in [3.63, 3.8) is 0 Å². The van der Waals surface area contributed by atoms with E-state index in [9.17, 15) is 9.59 Å². The molecule has 0 aliphatic carbocycles. The number of carbonyl (C=O) groups excluding carboxylic acids is 2. The number of esters is 2. The normalized spacial score (nSPS) is 10.9. The van der Waals surface area contributed by atoms with Crippen molar-refractivity contribution >= 4 is 17.6 Å². The lowest BCUT2D eigenvalue weighted by Crippen LogP contribution is -2.41. The highest BCUT2D eigenvalue weighted by Crippen LogP contribution is 2.27. The van der Waals surface area contributed by atoms with Crippen LogP contribution in [0.25, 0.3) is 0 Å². The smallest absolute Gasteiger partial charge is 0.323 e. The largest absolute Gasteiger partial charge is 0.465 e. The standard InChI is InChI=1S/C22H27NO4/c1-4-26-20(24)22(3,21(25)27-5-2)15-17-11-13-19(14-12-17)23-16-18-9-7-6-8-10-18/h6-14,23H,4-5,15-16H2,1-3H3. The van der Waals surface area contributed by atoms with Crippen LogP contribution < -0.4 is 5.32 Å². The molecule has 5 nitrogen and oxygen atoms in total. The number of rotatable bonds is 9. The van der Waals surface area contributed by atoms with Crippen LogP contribution in [-0.4, -0.2) is 25.2 Å². The van der Waals surface area contributed by atoms with Crippen LogP contribution in [0.1, 0.15) is 31.9 Å². The molecule has 0 aliphatic heterocycles. The van der Waals surface area contributed by atoms with E-state index >= 15 is 0 Å². The van der Waals surface area contributed by atoms with E-state index in [1.165, 1.54) is 5.56 Å². The van der Waals surface area contributed by atoms with Crippen LogP contribution in [0.15, 0.2) is 54.6 Å². The Morgan fingerprint density at radius 1 is 0.852 bits per heavy atom. The number of hydrogen-bond acceptors (Lipinski definition) is 5. The van der Waals surface area contributed by atoms with Gasteiger partial charge in [0, 0.05) is 12.2 Å². The summed E-state index contributed by atoms with van der Waals surface area (Å²) in [6.07, 6.45) is 0.226. The Hall–Kier alpha value is -2.82. The third-order valence-electron chi connectivity index (χ3n) is 4.30. The summed E-state index contributed by atoms with van der Waals surface area (Å²) in [7, 11) is 0. The lowest BCUT2D eigenvalue weighted by Gasteiger charge is -2.25. The van der Waals surface area contributed by atoms with Gasteiger partial charge in [0.25, 0.3) is 0 Å². The van der Waals surface area contributed by atoms with Gasteiger partial charge in [0.1, 0.15) is 0 Å². The molecule has 0 saturated carbocycles. The van der Waals surface area contributed by atoms with Crippen LogP contribution >= 0.6 is 0 Å². The zero-order valence-corrected chi connectivity index (χ0v) is 16.2. The second kappa shape index (κ2) is 9.76. The highest BCUT2D eigenvalue weighted by molar-refractivity contribution is 5.99. The molecule has 27 heavy (non-hydrogen) atoms. The lowest BCUT2D eigenvalue weighted by molar-refractivity contribution is -0.170. The minimum absolute atomic E-state index is 0.218. The lowest BCUT2D eigenvalue weighted by atomic mass is 9.83. The summed E-state index contributed by atoms with van der Waals surface area (Å²) in [5.74, 6) is -1.12. The summed E-state index contributed by atoms with van der Waals surface area (Å²) < 4.78 is 10.2. The van der Waals surface area contributed by atoms with E-state index in [2.05, 4.69) is 17.4 Å². The molecule has 0 spiro atoms. The van der Waals surface area contributed by atoms with Crippen molar-refractivity contribution in [1.29, 1.82) is 0 Å². The molecular formula is C22H27NO4. The van der Waals surface area contributed by atoms with E-state index in [0.29, 0.717) is 0 Å². The number of anilines is 1. The van der Waals surface area contributed by atoms with Crippen molar-refractivity contribution in [2.75, 3.05) is 18.5 Å². The van der Waals surface area contributed by atoms with Crippen LogP contribution in [0.2, 0.25) is 0 Å². The first kappa shape index (κ1) is 20.5. The predicted molar refractivity (Wildman–Crippen MR) is 105 cm³/mol. The minimum Gasteiger partial charge on any atom is -0.465 e. The molecule has 0 fully saturated rings. The average molecular weight is 369 g/mol. The molecule has 144 valence electrons. The number of benzene rings is 2. The molecule has 0 aliphatic rings. The second-order valence-corrected chi connectivity index (χ2v) is 6.49. The van der Waals surface area contributed by atoms with Crippen molar-refractivity contribution in [2.45, 2.75) is 33.7 Å². The Kier molecular flexibility index (Phi) is 7.41. The van der Waals surface area contributed by atoms with Gasteiger partial charge in [0.05, 0.1) is 13.2 Å². The first-order valence-corrected chi connectivity index (χ1v) is 9.20. The topological polar surface area (TPSA) is 64.6 Å². The van der Waals surface area contributed by atoms with E-state index in [0.717, 1.165) is 17.8 Å². The Morgan fingerprint density at radius 3 is 1.93 bits per heavy atom. The molecule has 0 amide bonds. The fourth-order valence-corrected chi connectivity index (χ4v) is 2.76. The Bertz CT molecular complexity index is 723. The maximum atomic E-state index is 12.4. The summed E-state index contributed by atoms with van der Waals surface area (Å²) in [4.78, 5) is 24.8. The van der Waals surface area contributed by atoms with Gasteiger partial charge in [-0.15, -0.1) is 0 Å². The first-order chi connectivity index (χ1) is 13.0. The highest BCUT2D eigenvalue weighted by Gasteiger charge is 2.44.